The summed E-state index contributed by atoms with van der Waals surface area (Å²) in [6.45, 7) is 0. The Morgan fingerprint density at radius 3 is 1.89 bits per heavy atom. The highest BCUT2D eigenvalue weighted by atomic mass is 35.5. The van der Waals surface area contributed by atoms with E-state index >= 15 is 0 Å². The molecular weight excluding hydrogens is 378 g/mol. The van der Waals surface area contributed by atoms with E-state index in [0.29, 0.717) is 27.5 Å². The Morgan fingerprint density at radius 2 is 1.32 bits per heavy atom. The third-order valence-corrected chi connectivity index (χ3v) is 5.66. The maximum Gasteiger partial charge on any atom is 0.328 e. The fraction of sp³-hybridized carbons (Fsp3) is 0.0952. The predicted octanol–water partition coefficient (Wildman–Crippen LogP) is 3.48. The minimum absolute atomic E-state index is 0.213. The number of benzene rings is 3. The van der Waals surface area contributed by atoms with Crippen LogP contribution >= 0.6 is 11.6 Å². The molecule has 0 saturated carbocycles. The van der Waals surface area contributed by atoms with Crippen molar-refractivity contribution in [3.8, 4) is 0 Å². The van der Waals surface area contributed by atoms with Crippen LogP contribution in [0.4, 0.5) is 5.69 Å². The molecule has 7 heteroatoms. The molecule has 0 aliphatic carbocycles. The molecule has 28 heavy (non-hydrogen) atoms. The first-order valence-corrected chi connectivity index (χ1v) is 9.03. The normalized spacial score (nSPS) is 13.8. The van der Waals surface area contributed by atoms with E-state index in [1.807, 2.05) is 12.1 Å². The summed E-state index contributed by atoms with van der Waals surface area (Å²) in [6, 6.07) is 14.0. The predicted molar refractivity (Wildman–Crippen MR) is 108 cm³/mol. The van der Waals surface area contributed by atoms with Crippen molar-refractivity contribution in [1.29, 1.82) is 0 Å². The van der Waals surface area contributed by atoms with Crippen LogP contribution in [0, 0.1) is 0 Å². The van der Waals surface area contributed by atoms with E-state index < -0.39 is 11.8 Å². The van der Waals surface area contributed by atoms with Gasteiger partial charge < -0.3 is 0 Å². The quantitative estimate of drug-likeness (QED) is 0.466. The van der Waals surface area contributed by atoms with Crippen molar-refractivity contribution < 1.29 is 9.59 Å². The highest BCUT2D eigenvalue weighted by molar-refractivity contribution is 6.40. The summed E-state index contributed by atoms with van der Waals surface area (Å²) in [7, 11) is 3.28. The lowest BCUT2D eigenvalue weighted by molar-refractivity contribution is 0.0893. The highest BCUT2D eigenvalue weighted by Crippen LogP contribution is 2.37. The maximum absolute atomic E-state index is 13.2. The number of amides is 2. The van der Waals surface area contributed by atoms with Gasteiger partial charge in [-0.05, 0) is 29.7 Å². The minimum Gasteiger partial charge on any atom is -0.295 e. The van der Waals surface area contributed by atoms with Crippen LogP contribution in [-0.4, -0.2) is 20.9 Å². The van der Waals surface area contributed by atoms with Crippen molar-refractivity contribution in [3.05, 3.63) is 75.2 Å². The Kier molecular flexibility index (Phi) is 3.33. The molecule has 1 aromatic heterocycles. The van der Waals surface area contributed by atoms with E-state index in [0.717, 1.165) is 10.3 Å². The second-order valence-corrected chi connectivity index (χ2v) is 7.26. The summed E-state index contributed by atoms with van der Waals surface area (Å²) in [6.07, 6.45) is 0. The molecule has 0 spiro atoms. The van der Waals surface area contributed by atoms with Crippen LogP contribution in [-0.2, 0) is 14.1 Å². The number of halogens is 1. The molecule has 0 bridgehead atoms. The first-order valence-electron chi connectivity index (χ1n) is 8.65. The largest absolute Gasteiger partial charge is 0.328 e. The van der Waals surface area contributed by atoms with Crippen LogP contribution in [0.5, 0.6) is 0 Å². The average Bonchev–Trinajstić information content (AvgIpc) is 2.90. The van der Waals surface area contributed by atoms with Crippen LogP contribution in [0.25, 0.3) is 21.8 Å². The van der Waals surface area contributed by atoms with Gasteiger partial charge in [0.05, 0.1) is 21.7 Å². The molecule has 0 N–H and O–H groups in total. The van der Waals surface area contributed by atoms with Crippen LogP contribution in [0.2, 0.25) is 5.02 Å². The summed E-state index contributed by atoms with van der Waals surface area (Å²) in [5.74, 6) is -0.868. The Hall–Kier alpha value is -3.38. The molecule has 0 fully saturated rings. The van der Waals surface area contributed by atoms with E-state index in [-0.39, 0.29) is 16.4 Å². The van der Waals surface area contributed by atoms with Gasteiger partial charge in [0.1, 0.15) is 0 Å². The van der Waals surface area contributed by atoms with Gasteiger partial charge in [0.25, 0.3) is 11.8 Å². The van der Waals surface area contributed by atoms with Crippen LogP contribution in [0.15, 0.2) is 53.3 Å². The Bertz CT molecular complexity index is 1360. The van der Waals surface area contributed by atoms with Crippen molar-refractivity contribution in [2.24, 2.45) is 14.1 Å². The minimum atomic E-state index is -0.434. The molecule has 1 aliphatic rings. The second kappa shape index (κ2) is 5.56. The molecule has 4 aromatic rings. The highest BCUT2D eigenvalue weighted by Gasteiger charge is 2.35. The second-order valence-electron chi connectivity index (χ2n) is 6.85. The fourth-order valence-electron chi connectivity index (χ4n) is 3.93. The first kappa shape index (κ1) is 16.8. The van der Waals surface area contributed by atoms with E-state index in [4.69, 9.17) is 11.6 Å². The lowest BCUT2D eigenvalue weighted by Crippen LogP contribution is -2.40. The van der Waals surface area contributed by atoms with E-state index in [1.54, 1.807) is 50.5 Å². The number of rotatable bonds is 1. The number of aromatic nitrogens is 2. The van der Waals surface area contributed by atoms with Crippen LogP contribution in [0.3, 0.4) is 0 Å². The summed E-state index contributed by atoms with van der Waals surface area (Å²) in [5, 5.41) is 1.71. The van der Waals surface area contributed by atoms with E-state index in [1.165, 1.54) is 9.13 Å². The zero-order valence-corrected chi connectivity index (χ0v) is 15.8. The number of hydrogen-bond acceptors (Lipinski definition) is 3. The van der Waals surface area contributed by atoms with Gasteiger partial charge in [-0.1, -0.05) is 35.9 Å². The van der Waals surface area contributed by atoms with Crippen molar-refractivity contribution in [3.63, 3.8) is 0 Å². The monoisotopic (exact) mass is 391 g/mol. The number of imide groups is 1. The summed E-state index contributed by atoms with van der Waals surface area (Å²) >= 11 is 6.46. The first-order chi connectivity index (χ1) is 13.4. The summed E-state index contributed by atoms with van der Waals surface area (Å²) < 4.78 is 2.93. The molecule has 0 radical (unpaired) electrons. The molecule has 0 atom stereocenters. The summed E-state index contributed by atoms with van der Waals surface area (Å²) in [4.78, 5) is 39.8. The number of anilines is 1. The smallest absolute Gasteiger partial charge is 0.295 e. The Morgan fingerprint density at radius 1 is 0.786 bits per heavy atom. The molecule has 2 heterocycles. The van der Waals surface area contributed by atoms with Gasteiger partial charge in [-0.2, -0.15) is 0 Å². The van der Waals surface area contributed by atoms with Gasteiger partial charge in [-0.15, -0.1) is 0 Å². The fourth-order valence-corrected chi connectivity index (χ4v) is 4.17. The molecule has 0 unspecified atom stereocenters. The number of carbonyl (C=O) groups excluding carboxylic acids is 2. The molecule has 0 saturated heterocycles. The van der Waals surface area contributed by atoms with Crippen LogP contribution in [0.1, 0.15) is 20.7 Å². The molecular formula is C21H14ClN3O3. The number of fused-ring (bicyclic) bond motifs is 1. The SMILES string of the molecule is Cn1c(=O)n(C)c2cc(N3C(=O)c4cccc5cccc(c45)C3=O)c(Cl)cc21. The number of imidazole rings is 1. The van der Waals surface area contributed by atoms with E-state index in [2.05, 4.69) is 0 Å². The van der Waals surface area contributed by atoms with E-state index in [9.17, 15) is 14.4 Å². The molecule has 3 aromatic carbocycles. The van der Waals surface area contributed by atoms with Crippen LogP contribution < -0.4 is 10.6 Å². The zero-order valence-electron chi connectivity index (χ0n) is 15.1. The molecule has 1 aliphatic heterocycles. The third-order valence-electron chi connectivity index (χ3n) is 5.35. The zero-order chi connectivity index (χ0) is 19.7. The average molecular weight is 392 g/mol. The van der Waals surface area contributed by atoms with Gasteiger partial charge in [-0.25, -0.2) is 9.69 Å². The van der Waals surface area contributed by atoms with Gasteiger partial charge in [0.15, 0.2) is 0 Å². The van der Waals surface area contributed by atoms with Crippen molar-refractivity contribution >= 4 is 50.9 Å². The number of aryl methyl sites for hydroxylation is 2. The van der Waals surface area contributed by atoms with Crippen molar-refractivity contribution in [2.45, 2.75) is 0 Å². The Balaban J connectivity index is 1.80. The Labute approximate surface area is 164 Å². The molecule has 5 rings (SSSR count). The van der Waals surface area contributed by atoms with Gasteiger partial charge in [0.2, 0.25) is 0 Å². The van der Waals surface area contributed by atoms with Crippen molar-refractivity contribution in [2.75, 3.05) is 4.90 Å². The molecule has 6 nitrogen and oxygen atoms in total. The van der Waals surface area contributed by atoms with Gasteiger partial charge in [-0.3, -0.25) is 18.7 Å². The number of hydrogen-bond donors (Lipinski definition) is 0. The number of carbonyl (C=O) groups is 2. The molecule has 2 amide bonds. The van der Waals surface area contributed by atoms with Gasteiger partial charge in [0, 0.05) is 30.6 Å². The third kappa shape index (κ3) is 2.00. The topological polar surface area (TPSA) is 64.3 Å². The van der Waals surface area contributed by atoms with Crippen molar-refractivity contribution in [1.82, 2.24) is 9.13 Å². The molecule has 138 valence electrons. The number of nitrogens with zero attached hydrogens (tertiary/aromatic N) is 3. The maximum atomic E-state index is 13.2. The standard InChI is InChI=1S/C21H14ClN3O3/c1-23-16-9-14(22)15(10-17(16)24(2)21(23)28)25-19(26)12-7-3-5-11-6-4-8-13(18(11)12)20(25)27/h3-10H,1-2H3. The summed E-state index contributed by atoms with van der Waals surface area (Å²) in [5.41, 5.74) is 2.16. The lowest BCUT2D eigenvalue weighted by Gasteiger charge is -2.28. The lowest BCUT2D eigenvalue weighted by atomic mass is 9.94. The van der Waals surface area contributed by atoms with Gasteiger partial charge >= 0.3 is 5.69 Å².